The highest BCUT2D eigenvalue weighted by Gasteiger charge is 2.30. The summed E-state index contributed by atoms with van der Waals surface area (Å²) < 4.78 is 7.48. The standard InChI is InChI=1S/C50H60Br2N4S2/c1-9-11-13-15-17-19-25-55-45-35-29-31(49(3,4)5)28-34-41(35)42-33(43(45)53-47(55)37-21-23-39(51)57-37)27-32(50(6,7)8)30-36(42)46-44(34)54-48(38-22-24-40(52)58-38)56(46)26-20-18-16-14-12-10-2/h21-24,27-30H,9-20,25-26H2,1-8H3. The van der Waals surface area contributed by atoms with Gasteiger partial charge in [-0.25, -0.2) is 9.97 Å². The zero-order valence-corrected chi connectivity index (χ0v) is 40.7. The summed E-state index contributed by atoms with van der Waals surface area (Å²) in [7, 11) is 0. The molecule has 0 amide bonds. The third-order valence-corrected chi connectivity index (χ3v) is 15.5. The van der Waals surface area contributed by atoms with Crippen LogP contribution in [0.3, 0.4) is 0 Å². The number of hydrogen-bond acceptors (Lipinski definition) is 4. The first-order valence-corrected chi connectivity index (χ1v) is 25.1. The molecule has 0 atom stereocenters. The highest BCUT2D eigenvalue weighted by Crippen LogP contribution is 2.50. The molecule has 4 aromatic heterocycles. The molecule has 8 heteroatoms. The second kappa shape index (κ2) is 16.9. The molecule has 0 saturated heterocycles. The quantitative estimate of drug-likeness (QED) is 0.0715. The van der Waals surface area contributed by atoms with Crippen LogP contribution in [0.5, 0.6) is 0 Å². The van der Waals surface area contributed by atoms with Gasteiger partial charge in [-0.2, -0.15) is 0 Å². The van der Waals surface area contributed by atoms with E-state index in [2.05, 4.69) is 145 Å². The molecule has 4 nitrogen and oxygen atoms in total. The molecule has 0 unspecified atom stereocenters. The van der Waals surface area contributed by atoms with Gasteiger partial charge in [0.25, 0.3) is 0 Å². The minimum atomic E-state index is -0.0589. The van der Waals surface area contributed by atoms with Crippen molar-refractivity contribution in [2.75, 3.05) is 0 Å². The van der Waals surface area contributed by atoms with Crippen molar-refractivity contribution in [3.8, 4) is 21.4 Å². The van der Waals surface area contributed by atoms with E-state index in [-0.39, 0.29) is 10.8 Å². The number of imidazole rings is 2. The average Bonchev–Trinajstić information content (AvgIpc) is 3.98. The normalized spacial score (nSPS) is 12.9. The van der Waals surface area contributed by atoms with Crippen molar-refractivity contribution in [3.05, 3.63) is 67.2 Å². The van der Waals surface area contributed by atoms with E-state index in [0.717, 1.165) is 56.2 Å². The Hall–Kier alpha value is -2.78. The van der Waals surface area contributed by atoms with Gasteiger partial charge in [-0.1, -0.05) is 120 Å². The number of halogens is 2. The van der Waals surface area contributed by atoms with Crippen LogP contribution in [0.15, 0.2) is 56.1 Å². The molecule has 0 radical (unpaired) electrons. The number of aryl methyl sites for hydroxylation is 2. The first-order chi connectivity index (χ1) is 27.8. The van der Waals surface area contributed by atoms with Crippen molar-refractivity contribution in [1.29, 1.82) is 0 Å². The number of aromatic nitrogens is 4. The molecular formula is C50H60Br2N4S2. The molecule has 58 heavy (non-hydrogen) atoms. The maximum absolute atomic E-state index is 5.76. The zero-order valence-electron chi connectivity index (χ0n) is 35.9. The number of benzene rings is 4. The Bertz CT molecular complexity index is 2530. The van der Waals surface area contributed by atoms with Crippen LogP contribution in [0.2, 0.25) is 0 Å². The minimum Gasteiger partial charge on any atom is -0.323 e. The van der Waals surface area contributed by atoms with E-state index in [1.54, 1.807) is 22.7 Å². The maximum Gasteiger partial charge on any atom is 0.151 e. The largest absolute Gasteiger partial charge is 0.323 e. The van der Waals surface area contributed by atoms with Gasteiger partial charge >= 0.3 is 0 Å². The van der Waals surface area contributed by atoms with Gasteiger partial charge in [-0.05, 0) is 115 Å². The SMILES string of the molecule is CCCCCCCCn1c(-c2ccc(Br)s2)nc2c3cc(C(C)(C)C)cc4c3c3c(cc(C(C)(C)C)cc3c21)c1nc(-c2ccc(Br)s2)n(CCCCCCCC)c41. The highest BCUT2D eigenvalue weighted by molar-refractivity contribution is 9.11. The molecule has 0 saturated carbocycles. The van der Waals surface area contributed by atoms with Crippen LogP contribution in [-0.2, 0) is 23.9 Å². The molecule has 0 aliphatic carbocycles. The van der Waals surface area contributed by atoms with E-state index in [1.807, 2.05) is 0 Å². The van der Waals surface area contributed by atoms with E-state index >= 15 is 0 Å². The first kappa shape index (κ1) is 41.9. The fourth-order valence-electron chi connectivity index (χ4n) is 9.04. The summed E-state index contributed by atoms with van der Waals surface area (Å²) in [6.07, 6.45) is 15.1. The Balaban J connectivity index is 1.51. The third kappa shape index (κ3) is 7.94. The van der Waals surface area contributed by atoms with Gasteiger partial charge in [0, 0.05) is 45.4 Å². The summed E-state index contributed by atoms with van der Waals surface area (Å²) in [5.41, 5.74) is 7.38. The Morgan fingerprint density at radius 2 is 0.862 bits per heavy atom. The van der Waals surface area contributed by atoms with Crippen molar-refractivity contribution in [2.24, 2.45) is 0 Å². The summed E-state index contributed by atoms with van der Waals surface area (Å²) >= 11 is 11.2. The van der Waals surface area contributed by atoms with Crippen LogP contribution < -0.4 is 0 Å². The highest BCUT2D eigenvalue weighted by atomic mass is 79.9. The maximum atomic E-state index is 5.76. The molecule has 4 aromatic carbocycles. The van der Waals surface area contributed by atoms with Crippen LogP contribution in [0.1, 0.15) is 144 Å². The lowest BCUT2D eigenvalue weighted by atomic mass is 9.80. The molecule has 4 heterocycles. The number of hydrogen-bond donors (Lipinski definition) is 0. The Morgan fingerprint density at radius 1 is 0.500 bits per heavy atom. The second-order valence-corrected chi connectivity index (χ2v) is 23.6. The van der Waals surface area contributed by atoms with Gasteiger partial charge in [-0.3, -0.25) is 0 Å². The van der Waals surface area contributed by atoms with Gasteiger partial charge in [0.05, 0.1) is 39.4 Å². The summed E-state index contributed by atoms with van der Waals surface area (Å²) in [6, 6.07) is 18.9. The van der Waals surface area contributed by atoms with Crippen molar-refractivity contribution in [1.82, 2.24) is 19.1 Å². The van der Waals surface area contributed by atoms with Gasteiger partial charge in [0.1, 0.15) is 0 Å². The molecule has 0 spiro atoms. The summed E-state index contributed by atoms with van der Waals surface area (Å²) in [5.74, 6) is 2.18. The lowest BCUT2D eigenvalue weighted by molar-refractivity contribution is 0.566. The second-order valence-electron chi connectivity index (χ2n) is 18.7. The monoisotopic (exact) mass is 938 g/mol. The lowest BCUT2D eigenvalue weighted by Gasteiger charge is -2.25. The smallest absolute Gasteiger partial charge is 0.151 e. The number of unbranched alkanes of at least 4 members (excludes halogenated alkanes) is 10. The molecule has 0 fully saturated rings. The predicted octanol–water partition coefficient (Wildman–Crippen LogP) is 17.6. The third-order valence-electron chi connectivity index (χ3n) is 12.3. The summed E-state index contributed by atoms with van der Waals surface area (Å²) in [6.45, 7) is 20.7. The van der Waals surface area contributed by atoms with E-state index < -0.39 is 0 Å². The van der Waals surface area contributed by atoms with Gasteiger partial charge < -0.3 is 9.13 Å². The molecule has 0 N–H and O–H groups in total. The van der Waals surface area contributed by atoms with Crippen LogP contribution in [0.25, 0.3) is 75.8 Å². The molecular weight excluding hydrogens is 881 g/mol. The number of rotatable bonds is 16. The van der Waals surface area contributed by atoms with Crippen LogP contribution in [0.4, 0.5) is 0 Å². The first-order valence-electron chi connectivity index (χ1n) is 21.9. The number of nitrogens with zero attached hydrogens (tertiary/aromatic N) is 4. The molecule has 8 rings (SSSR count). The van der Waals surface area contributed by atoms with Gasteiger partial charge in [0.2, 0.25) is 0 Å². The van der Waals surface area contributed by atoms with Gasteiger partial charge in [-0.15, -0.1) is 22.7 Å². The number of thiophene rings is 2. The zero-order chi connectivity index (χ0) is 40.9. The molecule has 0 aliphatic rings. The van der Waals surface area contributed by atoms with E-state index in [9.17, 15) is 0 Å². The topological polar surface area (TPSA) is 35.6 Å². The Labute approximate surface area is 370 Å². The summed E-state index contributed by atoms with van der Waals surface area (Å²) in [5, 5.41) is 7.84. The minimum absolute atomic E-state index is 0.0589. The molecule has 8 aromatic rings. The predicted molar refractivity (Wildman–Crippen MR) is 263 cm³/mol. The van der Waals surface area contributed by atoms with E-state index in [0.29, 0.717) is 0 Å². The Morgan fingerprint density at radius 3 is 1.21 bits per heavy atom. The van der Waals surface area contributed by atoms with Gasteiger partial charge in [0.15, 0.2) is 11.6 Å². The molecule has 0 bridgehead atoms. The summed E-state index contributed by atoms with van der Waals surface area (Å²) in [4.78, 5) is 13.9. The van der Waals surface area contributed by atoms with E-state index in [4.69, 9.17) is 9.97 Å². The van der Waals surface area contributed by atoms with Crippen molar-refractivity contribution in [2.45, 2.75) is 156 Å². The van der Waals surface area contributed by atoms with Crippen LogP contribution in [-0.4, -0.2) is 19.1 Å². The van der Waals surface area contributed by atoms with Crippen molar-refractivity contribution in [3.63, 3.8) is 0 Å². The fraction of sp³-hybridized carbons (Fsp3) is 0.480. The van der Waals surface area contributed by atoms with Crippen molar-refractivity contribution >= 4 is 109 Å². The molecule has 306 valence electrons. The lowest BCUT2D eigenvalue weighted by Crippen LogP contribution is -2.12. The van der Waals surface area contributed by atoms with Crippen LogP contribution >= 0.6 is 54.5 Å². The Kier molecular flexibility index (Phi) is 12.2. The van der Waals surface area contributed by atoms with Crippen molar-refractivity contribution < 1.29 is 0 Å². The fourth-order valence-corrected chi connectivity index (χ4v) is 11.8. The van der Waals surface area contributed by atoms with Crippen LogP contribution in [0, 0.1) is 0 Å². The number of fused-ring (bicyclic) bond motifs is 6. The molecule has 0 aliphatic heterocycles. The average molecular weight is 941 g/mol. The van der Waals surface area contributed by atoms with E-state index in [1.165, 1.54) is 128 Å².